The molecular formula is C26H25N3OS. The summed E-state index contributed by atoms with van der Waals surface area (Å²) in [5.41, 5.74) is 4.99. The number of carbonyl (C=O) groups is 1. The lowest BCUT2D eigenvalue weighted by Crippen LogP contribution is -2.00. The third kappa shape index (κ3) is 5.70. The number of carbonyl (C=O) groups excluding carboxylic acids is 1. The van der Waals surface area contributed by atoms with Crippen molar-refractivity contribution in [3.63, 3.8) is 0 Å². The van der Waals surface area contributed by atoms with E-state index in [-0.39, 0.29) is 5.78 Å². The van der Waals surface area contributed by atoms with Crippen LogP contribution in [0.1, 0.15) is 45.0 Å². The van der Waals surface area contributed by atoms with Crippen LogP contribution in [0.3, 0.4) is 0 Å². The Kier molecular flexibility index (Phi) is 6.95. The molecule has 31 heavy (non-hydrogen) atoms. The van der Waals surface area contributed by atoms with Gasteiger partial charge < -0.3 is 0 Å². The number of nitrogens with zero attached hydrogens (tertiary/aromatic N) is 3. The first-order valence-corrected chi connectivity index (χ1v) is 11.4. The minimum Gasteiger partial charge on any atom is -0.293 e. The predicted molar refractivity (Wildman–Crippen MR) is 125 cm³/mol. The standard InChI is InChI=1S/C26H25N3OS/c1-19-25(24(30)16-15-21-11-6-3-7-12-21)31-26(29-19)23-18-27-22(17-28-23)14-8-13-20-9-4-2-5-10-20/h2-7,9-12,17-18H,8,13-16H2,1H3. The molecule has 2 aromatic carbocycles. The first-order valence-electron chi connectivity index (χ1n) is 10.6. The van der Waals surface area contributed by atoms with Crippen LogP contribution >= 0.6 is 11.3 Å². The Bertz CT molecular complexity index is 1120. The molecule has 0 aliphatic heterocycles. The Balaban J connectivity index is 1.35. The van der Waals surface area contributed by atoms with Crippen LogP contribution in [0.4, 0.5) is 0 Å². The molecule has 2 heterocycles. The molecule has 4 nitrogen and oxygen atoms in total. The molecule has 0 radical (unpaired) electrons. The second-order valence-corrected chi connectivity index (χ2v) is 8.57. The fourth-order valence-electron chi connectivity index (χ4n) is 3.49. The first kappa shape index (κ1) is 21.1. The molecule has 0 unspecified atom stereocenters. The highest BCUT2D eigenvalue weighted by Crippen LogP contribution is 2.27. The molecule has 0 atom stereocenters. The van der Waals surface area contributed by atoms with Gasteiger partial charge in [-0.3, -0.25) is 14.8 Å². The second-order valence-electron chi connectivity index (χ2n) is 7.57. The van der Waals surface area contributed by atoms with Crippen molar-refractivity contribution in [3.05, 3.63) is 100 Å². The molecule has 2 aromatic heterocycles. The number of aromatic nitrogens is 3. The smallest absolute Gasteiger partial charge is 0.175 e. The Hall–Kier alpha value is -3.18. The highest BCUT2D eigenvalue weighted by molar-refractivity contribution is 7.17. The van der Waals surface area contributed by atoms with Crippen LogP contribution in [0, 0.1) is 6.92 Å². The largest absolute Gasteiger partial charge is 0.293 e. The third-order valence-electron chi connectivity index (χ3n) is 5.20. The number of aryl methyl sites for hydroxylation is 4. The molecule has 0 bridgehead atoms. The summed E-state index contributed by atoms with van der Waals surface area (Å²) < 4.78 is 0. The topological polar surface area (TPSA) is 55.7 Å². The normalized spacial score (nSPS) is 10.9. The van der Waals surface area contributed by atoms with Crippen molar-refractivity contribution in [3.8, 4) is 10.7 Å². The molecule has 156 valence electrons. The van der Waals surface area contributed by atoms with Crippen molar-refractivity contribution in [2.45, 2.75) is 39.0 Å². The predicted octanol–water partition coefficient (Wildman–Crippen LogP) is 5.90. The van der Waals surface area contributed by atoms with Crippen molar-refractivity contribution in [1.82, 2.24) is 15.0 Å². The maximum absolute atomic E-state index is 12.7. The van der Waals surface area contributed by atoms with E-state index in [1.54, 1.807) is 6.20 Å². The van der Waals surface area contributed by atoms with Crippen molar-refractivity contribution < 1.29 is 4.79 Å². The van der Waals surface area contributed by atoms with Gasteiger partial charge in [-0.15, -0.1) is 11.3 Å². The van der Waals surface area contributed by atoms with Gasteiger partial charge in [0.25, 0.3) is 0 Å². The van der Waals surface area contributed by atoms with Gasteiger partial charge in [-0.2, -0.15) is 0 Å². The minimum atomic E-state index is 0.135. The van der Waals surface area contributed by atoms with Gasteiger partial charge in [-0.1, -0.05) is 60.7 Å². The summed E-state index contributed by atoms with van der Waals surface area (Å²) in [5.74, 6) is 0.135. The summed E-state index contributed by atoms with van der Waals surface area (Å²) in [5, 5.41) is 0.754. The number of hydrogen-bond acceptors (Lipinski definition) is 5. The minimum absolute atomic E-state index is 0.135. The van der Waals surface area contributed by atoms with E-state index in [9.17, 15) is 4.79 Å². The highest BCUT2D eigenvalue weighted by atomic mass is 32.1. The van der Waals surface area contributed by atoms with Gasteiger partial charge in [-0.05, 0) is 43.7 Å². The molecule has 0 aliphatic carbocycles. The molecule has 4 rings (SSSR count). The van der Waals surface area contributed by atoms with Crippen LogP contribution < -0.4 is 0 Å². The van der Waals surface area contributed by atoms with E-state index in [1.807, 2.05) is 37.4 Å². The Labute approximate surface area is 187 Å². The van der Waals surface area contributed by atoms with Crippen LogP contribution in [0.2, 0.25) is 0 Å². The van der Waals surface area contributed by atoms with Crippen LogP contribution in [-0.2, 0) is 19.3 Å². The zero-order valence-corrected chi connectivity index (χ0v) is 18.4. The van der Waals surface area contributed by atoms with Crippen molar-refractivity contribution in [1.29, 1.82) is 0 Å². The summed E-state index contributed by atoms with van der Waals surface area (Å²) in [4.78, 5) is 27.1. The highest BCUT2D eigenvalue weighted by Gasteiger charge is 2.17. The van der Waals surface area contributed by atoms with Gasteiger partial charge in [0.15, 0.2) is 5.78 Å². The average Bonchev–Trinajstić information content (AvgIpc) is 3.21. The van der Waals surface area contributed by atoms with Crippen LogP contribution in [0.15, 0.2) is 73.1 Å². The van der Waals surface area contributed by atoms with E-state index in [1.165, 1.54) is 22.5 Å². The van der Waals surface area contributed by atoms with Crippen LogP contribution in [-0.4, -0.2) is 20.7 Å². The van der Waals surface area contributed by atoms with Gasteiger partial charge in [0.2, 0.25) is 0 Å². The Morgan fingerprint density at radius 3 is 2.16 bits per heavy atom. The lowest BCUT2D eigenvalue weighted by atomic mass is 10.1. The molecule has 0 aliphatic rings. The molecule has 0 fully saturated rings. The lowest BCUT2D eigenvalue weighted by molar-refractivity contribution is 0.0986. The number of thiazole rings is 1. The van der Waals surface area contributed by atoms with Gasteiger partial charge in [0.05, 0.1) is 22.5 Å². The number of benzene rings is 2. The summed E-state index contributed by atoms with van der Waals surface area (Å²) in [6.07, 6.45) is 7.78. The van der Waals surface area contributed by atoms with E-state index >= 15 is 0 Å². The maximum Gasteiger partial charge on any atom is 0.175 e. The average molecular weight is 428 g/mol. The van der Waals surface area contributed by atoms with E-state index in [2.05, 4.69) is 51.4 Å². The number of Topliss-reactive ketones (excluding diaryl/α,β-unsaturated/α-hetero) is 1. The fourth-order valence-corrected chi connectivity index (χ4v) is 4.49. The van der Waals surface area contributed by atoms with E-state index in [4.69, 9.17) is 0 Å². The number of hydrogen-bond donors (Lipinski definition) is 0. The fraction of sp³-hybridized carbons (Fsp3) is 0.231. The van der Waals surface area contributed by atoms with Crippen LogP contribution in [0.5, 0.6) is 0 Å². The SMILES string of the molecule is Cc1nc(-c2cnc(CCCc3ccccc3)cn2)sc1C(=O)CCc1ccccc1. The summed E-state index contributed by atoms with van der Waals surface area (Å²) in [7, 11) is 0. The van der Waals surface area contributed by atoms with Crippen LogP contribution in [0.25, 0.3) is 10.7 Å². The molecule has 0 saturated heterocycles. The number of rotatable bonds is 9. The van der Waals surface area contributed by atoms with Crippen molar-refractivity contribution >= 4 is 17.1 Å². The van der Waals surface area contributed by atoms with Gasteiger partial charge in [0, 0.05) is 12.6 Å². The molecule has 4 aromatic rings. The second kappa shape index (κ2) is 10.2. The Morgan fingerprint density at radius 1 is 0.839 bits per heavy atom. The lowest BCUT2D eigenvalue weighted by Gasteiger charge is -2.02. The molecule has 5 heteroatoms. The quantitative estimate of drug-likeness (QED) is 0.312. The summed E-state index contributed by atoms with van der Waals surface area (Å²) in [6, 6.07) is 20.6. The molecule has 0 spiro atoms. The van der Waals surface area contributed by atoms with E-state index < -0.39 is 0 Å². The molecular weight excluding hydrogens is 402 g/mol. The Morgan fingerprint density at radius 2 is 1.52 bits per heavy atom. The summed E-state index contributed by atoms with van der Waals surface area (Å²) >= 11 is 1.41. The molecule has 0 amide bonds. The number of ketones is 1. The first-order chi connectivity index (χ1) is 15.2. The zero-order chi connectivity index (χ0) is 21.5. The summed E-state index contributed by atoms with van der Waals surface area (Å²) in [6.45, 7) is 1.89. The zero-order valence-electron chi connectivity index (χ0n) is 17.6. The van der Waals surface area contributed by atoms with E-state index in [0.717, 1.165) is 52.6 Å². The monoisotopic (exact) mass is 427 g/mol. The van der Waals surface area contributed by atoms with Gasteiger partial charge in [0.1, 0.15) is 10.7 Å². The van der Waals surface area contributed by atoms with Crippen molar-refractivity contribution in [2.24, 2.45) is 0 Å². The third-order valence-corrected chi connectivity index (χ3v) is 6.42. The molecule has 0 N–H and O–H groups in total. The van der Waals surface area contributed by atoms with E-state index in [0.29, 0.717) is 6.42 Å². The van der Waals surface area contributed by atoms with Gasteiger partial charge in [-0.25, -0.2) is 4.98 Å². The van der Waals surface area contributed by atoms with Gasteiger partial charge >= 0.3 is 0 Å². The van der Waals surface area contributed by atoms with Crippen molar-refractivity contribution in [2.75, 3.05) is 0 Å². The maximum atomic E-state index is 12.7. The molecule has 0 saturated carbocycles.